The van der Waals surface area contributed by atoms with Crippen molar-refractivity contribution in [3.8, 4) is 0 Å². The number of hydrogen-bond donors (Lipinski definition) is 1. The highest BCUT2D eigenvalue weighted by molar-refractivity contribution is 6.33. The molecule has 1 rings (SSSR count). The zero-order valence-electron chi connectivity index (χ0n) is 11.0. The van der Waals surface area contributed by atoms with Crippen LogP contribution in [0.15, 0.2) is 18.2 Å². The highest BCUT2D eigenvalue weighted by atomic mass is 35.5. The Morgan fingerprint density at radius 1 is 1.35 bits per heavy atom. The van der Waals surface area contributed by atoms with Crippen molar-refractivity contribution in [3.63, 3.8) is 0 Å². The molecular formula is C14H23ClN2. The van der Waals surface area contributed by atoms with Crippen LogP contribution in [0.3, 0.4) is 0 Å². The summed E-state index contributed by atoms with van der Waals surface area (Å²) in [6.45, 7) is 8.38. The fraction of sp³-hybridized carbons (Fsp3) is 0.571. The van der Waals surface area contributed by atoms with E-state index in [-0.39, 0.29) is 6.04 Å². The third-order valence-electron chi connectivity index (χ3n) is 3.00. The monoisotopic (exact) mass is 254 g/mol. The van der Waals surface area contributed by atoms with Gasteiger partial charge < -0.3 is 10.6 Å². The summed E-state index contributed by atoms with van der Waals surface area (Å²) in [5.41, 5.74) is 8.06. The first-order valence-electron chi connectivity index (χ1n) is 6.40. The Bertz CT molecular complexity index is 350. The van der Waals surface area contributed by atoms with E-state index in [4.69, 9.17) is 17.3 Å². The maximum absolute atomic E-state index is 6.33. The summed E-state index contributed by atoms with van der Waals surface area (Å²) in [5, 5.41) is 0.803. The SMILES string of the molecule is CCCCN(CC)c1ccc(C(C)N)cc1Cl. The van der Waals surface area contributed by atoms with Gasteiger partial charge in [-0.1, -0.05) is 31.0 Å². The maximum Gasteiger partial charge on any atom is 0.0642 e. The van der Waals surface area contributed by atoms with Gasteiger partial charge in [-0.15, -0.1) is 0 Å². The van der Waals surface area contributed by atoms with Gasteiger partial charge in [0.25, 0.3) is 0 Å². The van der Waals surface area contributed by atoms with E-state index in [1.54, 1.807) is 0 Å². The minimum absolute atomic E-state index is 0.0345. The van der Waals surface area contributed by atoms with Crippen molar-refractivity contribution in [3.05, 3.63) is 28.8 Å². The van der Waals surface area contributed by atoms with Gasteiger partial charge in [0, 0.05) is 19.1 Å². The number of halogens is 1. The largest absolute Gasteiger partial charge is 0.371 e. The molecule has 2 nitrogen and oxygen atoms in total. The summed E-state index contributed by atoms with van der Waals surface area (Å²) in [6.07, 6.45) is 2.39. The van der Waals surface area contributed by atoms with E-state index in [0.29, 0.717) is 0 Å². The van der Waals surface area contributed by atoms with Gasteiger partial charge in [0.1, 0.15) is 0 Å². The molecule has 0 aliphatic rings. The molecule has 0 bridgehead atoms. The first kappa shape index (κ1) is 14.3. The molecule has 2 N–H and O–H groups in total. The third-order valence-corrected chi connectivity index (χ3v) is 3.30. The Morgan fingerprint density at radius 3 is 2.53 bits per heavy atom. The topological polar surface area (TPSA) is 29.3 Å². The molecule has 1 atom stereocenters. The Balaban J connectivity index is 2.88. The summed E-state index contributed by atoms with van der Waals surface area (Å²) in [6, 6.07) is 6.17. The van der Waals surface area contributed by atoms with Crippen molar-refractivity contribution >= 4 is 17.3 Å². The predicted molar refractivity (Wildman–Crippen MR) is 76.8 cm³/mol. The minimum Gasteiger partial charge on any atom is -0.371 e. The van der Waals surface area contributed by atoms with Crippen molar-refractivity contribution in [2.45, 2.75) is 39.7 Å². The number of nitrogens with two attached hydrogens (primary N) is 1. The van der Waals surface area contributed by atoms with E-state index in [1.807, 2.05) is 13.0 Å². The van der Waals surface area contributed by atoms with Crippen molar-refractivity contribution in [1.82, 2.24) is 0 Å². The second kappa shape index (κ2) is 6.87. The van der Waals surface area contributed by atoms with Crippen LogP contribution < -0.4 is 10.6 Å². The zero-order chi connectivity index (χ0) is 12.8. The van der Waals surface area contributed by atoms with Gasteiger partial charge in [-0.05, 0) is 38.0 Å². The average molecular weight is 255 g/mol. The van der Waals surface area contributed by atoms with E-state index < -0.39 is 0 Å². The lowest BCUT2D eigenvalue weighted by Gasteiger charge is -2.24. The average Bonchev–Trinajstić information content (AvgIpc) is 2.31. The number of benzene rings is 1. The predicted octanol–water partition coefficient (Wildman–Crippen LogP) is 3.99. The van der Waals surface area contributed by atoms with Gasteiger partial charge in [0.05, 0.1) is 10.7 Å². The second-order valence-corrected chi connectivity index (χ2v) is 4.84. The zero-order valence-corrected chi connectivity index (χ0v) is 11.8. The van der Waals surface area contributed by atoms with Crippen molar-refractivity contribution in [2.24, 2.45) is 5.73 Å². The van der Waals surface area contributed by atoms with Crippen LogP contribution in [-0.2, 0) is 0 Å². The van der Waals surface area contributed by atoms with Crippen LogP contribution in [-0.4, -0.2) is 13.1 Å². The number of hydrogen-bond acceptors (Lipinski definition) is 2. The van der Waals surface area contributed by atoms with Gasteiger partial charge in [0.2, 0.25) is 0 Å². The standard InChI is InChI=1S/C14H23ClN2/c1-4-6-9-17(5-2)14-8-7-12(11(3)16)10-13(14)15/h7-8,10-11H,4-6,9,16H2,1-3H3. The molecule has 1 aromatic carbocycles. The van der Waals surface area contributed by atoms with Crippen molar-refractivity contribution < 1.29 is 0 Å². The molecule has 0 saturated heterocycles. The number of anilines is 1. The van der Waals surface area contributed by atoms with Crippen LogP contribution in [0.1, 0.15) is 45.2 Å². The summed E-state index contributed by atoms with van der Waals surface area (Å²) in [5.74, 6) is 0. The lowest BCUT2D eigenvalue weighted by Crippen LogP contribution is -2.24. The van der Waals surface area contributed by atoms with Crippen molar-refractivity contribution in [2.75, 3.05) is 18.0 Å². The molecule has 3 heteroatoms. The summed E-state index contributed by atoms with van der Waals surface area (Å²) < 4.78 is 0. The fourth-order valence-electron chi connectivity index (χ4n) is 1.86. The van der Waals surface area contributed by atoms with Crippen molar-refractivity contribution in [1.29, 1.82) is 0 Å². The van der Waals surface area contributed by atoms with E-state index in [9.17, 15) is 0 Å². The summed E-state index contributed by atoms with van der Waals surface area (Å²) >= 11 is 6.33. The molecule has 0 aliphatic heterocycles. The lowest BCUT2D eigenvalue weighted by atomic mass is 10.1. The first-order valence-corrected chi connectivity index (χ1v) is 6.77. The first-order chi connectivity index (χ1) is 8.10. The molecule has 17 heavy (non-hydrogen) atoms. The fourth-order valence-corrected chi connectivity index (χ4v) is 2.17. The number of nitrogens with zero attached hydrogens (tertiary/aromatic N) is 1. The highest BCUT2D eigenvalue weighted by Gasteiger charge is 2.10. The molecule has 1 aromatic rings. The van der Waals surface area contributed by atoms with Crippen LogP contribution in [0.25, 0.3) is 0 Å². The van der Waals surface area contributed by atoms with Crippen LogP contribution in [0.4, 0.5) is 5.69 Å². The Hall–Kier alpha value is -0.730. The van der Waals surface area contributed by atoms with Crippen LogP contribution in [0.2, 0.25) is 5.02 Å². The normalized spacial score (nSPS) is 12.5. The van der Waals surface area contributed by atoms with Crippen LogP contribution in [0.5, 0.6) is 0 Å². The van der Waals surface area contributed by atoms with E-state index >= 15 is 0 Å². The van der Waals surface area contributed by atoms with Gasteiger partial charge in [-0.25, -0.2) is 0 Å². The molecule has 0 heterocycles. The van der Waals surface area contributed by atoms with Gasteiger partial charge in [-0.3, -0.25) is 0 Å². The summed E-state index contributed by atoms with van der Waals surface area (Å²) in [4.78, 5) is 2.32. The van der Waals surface area contributed by atoms with E-state index in [1.165, 1.54) is 12.8 Å². The molecule has 0 fully saturated rings. The smallest absolute Gasteiger partial charge is 0.0642 e. The molecule has 0 radical (unpaired) electrons. The Labute approximate surface area is 110 Å². The Morgan fingerprint density at radius 2 is 2.06 bits per heavy atom. The van der Waals surface area contributed by atoms with Gasteiger partial charge in [-0.2, -0.15) is 0 Å². The third kappa shape index (κ3) is 3.90. The second-order valence-electron chi connectivity index (χ2n) is 4.43. The van der Waals surface area contributed by atoms with Crippen LogP contribution >= 0.6 is 11.6 Å². The molecule has 0 amide bonds. The van der Waals surface area contributed by atoms with Gasteiger partial charge in [0.15, 0.2) is 0 Å². The van der Waals surface area contributed by atoms with Gasteiger partial charge >= 0.3 is 0 Å². The van der Waals surface area contributed by atoms with E-state index in [2.05, 4.69) is 30.9 Å². The molecule has 0 spiro atoms. The quantitative estimate of drug-likeness (QED) is 0.832. The molecule has 0 saturated carbocycles. The summed E-state index contributed by atoms with van der Waals surface area (Å²) in [7, 11) is 0. The number of unbranched alkanes of at least 4 members (excludes halogenated alkanes) is 1. The molecule has 96 valence electrons. The molecule has 0 aliphatic carbocycles. The molecule has 0 aromatic heterocycles. The molecular weight excluding hydrogens is 232 g/mol. The minimum atomic E-state index is 0.0345. The highest BCUT2D eigenvalue weighted by Crippen LogP contribution is 2.28. The lowest BCUT2D eigenvalue weighted by molar-refractivity contribution is 0.731. The number of rotatable bonds is 6. The maximum atomic E-state index is 6.33. The van der Waals surface area contributed by atoms with Crippen LogP contribution in [0, 0.1) is 0 Å². The molecule has 1 unspecified atom stereocenters. The van der Waals surface area contributed by atoms with E-state index in [0.717, 1.165) is 29.4 Å². The Kier molecular flexibility index (Phi) is 5.79.